The van der Waals surface area contributed by atoms with E-state index in [1.54, 1.807) is 60.9 Å². The molecule has 0 spiro atoms. The zero-order valence-electron chi connectivity index (χ0n) is 39.4. The molecule has 0 atom stereocenters. The number of carbonyl (C=O) groups is 3. The number of nitrogens with zero attached hydrogens (tertiary/aromatic N) is 4. The van der Waals surface area contributed by atoms with Crippen LogP contribution in [-0.2, 0) is 39.6 Å². The Morgan fingerprint density at radius 1 is 0.605 bits per heavy atom. The summed E-state index contributed by atoms with van der Waals surface area (Å²) in [4.78, 5) is 43.0. The molecule has 17 nitrogen and oxygen atoms in total. The van der Waals surface area contributed by atoms with E-state index in [1.807, 2.05) is 0 Å². The minimum Gasteiger partial charge on any atom is -0.487 e. The third kappa shape index (κ3) is 15.1. The van der Waals surface area contributed by atoms with Crippen molar-refractivity contribution >= 4 is 41.1 Å². The first-order valence-electron chi connectivity index (χ1n) is 22.8. The van der Waals surface area contributed by atoms with Crippen LogP contribution in [0.3, 0.4) is 0 Å². The molecule has 4 heterocycles. The number of carboxylic acid groups (broad SMARTS) is 2. The number of hydrogen-bond donors (Lipinski definition) is 8. The molecule has 28 heteroatoms. The second-order valence-electron chi connectivity index (χ2n) is 17.6. The standard InChI is InChI=1S/C23H24F4N6O2.C23H22F4N4O3.C2HF3O2/c24-20-16(23(25,26)27)4-2-5-17(20)35-15-7-10-22(11-8-15,21(34)32-28)13-14-3-1-6-18(30-14)31-19-9-12-29-33-19;24-20-16(23(25,26)27)4-2-5-17(20)34-15-7-10-22(11-8-15,21(32)33)13-14-3-1-6-18(29-14)30-19-9-12-28-31-19;3-2(4,5)1(6)7/h1-6,9,12,15H,7-8,10-11,13,28H2,(H,32,34)(H2,29,30,31,33);1-6,9,12,15H,7-8,10-11,13H2,(H,32,33)(H2,28,29,30,31);(H,6,7). The van der Waals surface area contributed by atoms with Gasteiger partial charge in [0.2, 0.25) is 5.91 Å². The van der Waals surface area contributed by atoms with E-state index in [1.165, 1.54) is 6.07 Å². The maximum Gasteiger partial charge on any atom is 0.490 e. The van der Waals surface area contributed by atoms with Crippen molar-refractivity contribution < 1.29 is 82.4 Å². The summed E-state index contributed by atoms with van der Waals surface area (Å²) < 4.78 is 149. The van der Waals surface area contributed by atoms with Crippen LogP contribution in [-0.4, -0.2) is 76.8 Å². The molecule has 2 fully saturated rings. The minimum atomic E-state index is -5.08. The molecular formula is C48H47F11N10O7. The highest BCUT2D eigenvalue weighted by Gasteiger charge is 2.45. The molecule has 2 aliphatic rings. The van der Waals surface area contributed by atoms with Crippen molar-refractivity contribution in [2.24, 2.45) is 16.7 Å². The lowest BCUT2D eigenvalue weighted by Crippen LogP contribution is -2.48. The Labute approximate surface area is 423 Å². The Morgan fingerprint density at radius 3 is 1.33 bits per heavy atom. The molecule has 8 rings (SSSR count). The summed E-state index contributed by atoms with van der Waals surface area (Å²) in [6.07, 6.45) is -9.96. The van der Waals surface area contributed by atoms with Crippen LogP contribution < -0.4 is 31.4 Å². The van der Waals surface area contributed by atoms with Gasteiger partial charge in [-0.3, -0.25) is 25.2 Å². The van der Waals surface area contributed by atoms with Crippen LogP contribution in [0.5, 0.6) is 11.5 Å². The molecule has 76 heavy (non-hydrogen) atoms. The van der Waals surface area contributed by atoms with Gasteiger partial charge in [0.25, 0.3) is 0 Å². The molecule has 1 amide bonds. The van der Waals surface area contributed by atoms with Gasteiger partial charge in [-0.1, -0.05) is 24.3 Å². The number of hydrazine groups is 1. The van der Waals surface area contributed by atoms with Crippen molar-refractivity contribution in [2.45, 2.75) is 94.9 Å². The Morgan fingerprint density at radius 2 is 0.987 bits per heavy atom. The normalized spacial score (nSPS) is 19.6. The predicted octanol–water partition coefficient (Wildman–Crippen LogP) is 10.2. The van der Waals surface area contributed by atoms with Gasteiger partial charge in [-0.15, -0.1) is 0 Å². The van der Waals surface area contributed by atoms with Gasteiger partial charge in [-0.05, 0) is 99.9 Å². The first kappa shape index (κ1) is 57.2. The lowest BCUT2D eigenvalue weighted by atomic mass is 9.69. The van der Waals surface area contributed by atoms with Gasteiger partial charge in [0.05, 0.1) is 46.6 Å². The molecule has 6 aromatic rings. The number of halogens is 11. The third-order valence-corrected chi connectivity index (χ3v) is 12.4. The summed E-state index contributed by atoms with van der Waals surface area (Å²) in [7, 11) is 0. The van der Waals surface area contributed by atoms with Crippen molar-refractivity contribution in [1.29, 1.82) is 0 Å². The Bertz CT molecular complexity index is 2890. The number of nitrogens with one attached hydrogen (secondary N) is 5. The average molecular weight is 1080 g/mol. The molecule has 0 unspecified atom stereocenters. The molecule has 2 aliphatic carbocycles. The summed E-state index contributed by atoms with van der Waals surface area (Å²) in [6, 6.07) is 19.9. The van der Waals surface area contributed by atoms with Crippen molar-refractivity contribution in [3.63, 3.8) is 0 Å². The van der Waals surface area contributed by atoms with Gasteiger partial charge in [-0.2, -0.15) is 49.7 Å². The number of ether oxygens (including phenoxy) is 2. The predicted molar refractivity (Wildman–Crippen MR) is 247 cm³/mol. The van der Waals surface area contributed by atoms with E-state index in [2.05, 4.69) is 46.4 Å². The van der Waals surface area contributed by atoms with Crippen LogP contribution in [0.25, 0.3) is 0 Å². The molecule has 0 aliphatic heterocycles. The number of aromatic amines is 2. The van der Waals surface area contributed by atoms with Gasteiger partial charge in [0.15, 0.2) is 23.1 Å². The van der Waals surface area contributed by atoms with E-state index >= 15 is 0 Å². The van der Waals surface area contributed by atoms with Crippen LogP contribution in [0.2, 0.25) is 0 Å². The van der Waals surface area contributed by atoms with Gasteiger partial charge in [0, 0.05) is 36.4 Å². The fourth-order valence-electron chi connectivity index (χ4n) is 8.54. The quantitative estimate of drug-likeness (QED) is 0.0219. The van der Waals surface area contributed by atoms with Gasteiger partial charge < -0.3 is 30.3 Å². The topological polar surface area (TPSA) is 255 Å². The number of aromatic nitrogens is 6. The summed E-state index contributed by atoms with van der Waals surface area (Å²) in [5.74, 6) is -0.103. The number of anilines is 4. The first-order chi connectivity index (χ1) is 35.8. The summed E-state index contributed by atoms with van der Waals surface area (Å²) in [5.41, 5.74) is -1.31. The number of carboxylic acids is 2. The molecule has 2 saturated carbocycles. The van der Waals surface area contributed by atoms with Gasteiger partial charge in [-0.25, -0.2) is 29.4 Å². The molecule has 9 N–H and O–H groups in total. The van der Waals surface area contributed by atoms with Crippen LogP contribution in [0.1, 0.15) is 73.9 Å². The monoisotopic (exact) mass is 1080 g/mol. The number of aliphatic carboxylic acids is 2. The largest absolute Gasteiger partial charge is 0.490 e. The Hall–Kier alpha value is -8.04. The lowest BCUT2D eigenvalue weighted by Gasteiger charge is -2.38. The lowest BCUT2D eigenvalue weighted by molar-refractivity contribution is -0.192. The molecule has 0 radical (unpaired) electrons. The Balaban J connectivity index is 0.000000219. The maximum atomic E-state index is 14.4. The smallest absolute Gasteiger partial charge is 0.487 e. The van der Waals surface area contributed by atoms with E-state index in [0.29, 0.717) is 78.9 Å². The number of amides is 1. The number of nitrogens with two attached hydrogens (primary N) is 1. The molecular weight excluding hydrogens is 1040 g/mol. The SMILES string of the molecule is NNC(=O)C1(Cc2cccc(Nc3ccn[nH]3)n2)CCC(Oc2cccc(C(F)(F)F)c2F)CC1.O=C(O)C(F)(F)F.O=C(O)C1(Cc2cccc(Nc3ccn[nH]3)n2)CCC(Oc2cccc(C(F)(F)F)c2F)CC1. The average Bonchev–Trinajstić information content (AvgIpc) is 4.09. The fourth-order valence-corrected chi connectivity index (χ4v) is 8.54. The fraction of sp³-hybridized carbons (Fsp3) is 0.354. The molecule has 2 aromatic carbocycles. The van der Waals surface area contributed by atoms with Crippen LogP contribution in [0.15, 0.2) is 97.3 Å². The second-order valence-corrected chi connectivity index (χ2v) is 17.6. The third-order valence-electron chi connectivity index (χ3n) is 12.4. The van der Waals surface area contributed by atoms with Crippen LogP contribution >= 0.6 is 0 Å². The van der Waals surface area contributed by atoms with Crippen LogP contribution in [0, 0.1) is 22.5 Å². The highest BCUT2D eigenvalue weighted by Crippen LogP contribution is 2.44. The number of benzene rings is 2. The zero-order valence-corrected chi connectivity index (χ0v) is 39.4. The number of rotatable bonds is 14. The second kappa shape index (κ2) is 24.1. The number of pyridine rings is 2. The van der Waals surface area contributed by atoms with Gasteiger partial charge in [0.1, 0.15) is 23.3 Å². The highest BCUT2D eigenvalue weighted by atomic mass is 19.4. The number of hydrogen-bond acceptors (Lipinski definition) is 12. The summed E-state index contributed by atoms with van der Waals surface area (Å²) >= 11 is 0. The first-order valence-corrected chi connectivity index (χ1v) is 22.8. The molecule has 0 saturated heterocycles. The molecule has 4 aromatic heterocycles. The molecule has 408 valence electrons. The maximum absolute atomic E-state index is 14.4. The zero-order chi connectivity index (χ0) is 55.5. The number of alkyl halides is 9. The van der Waals surface area contributed by atoms with E-state index in [0.717, 1.165) is 18.2 Å². The highest BCUT2D eigenvalue weighted by molar-refractivity contribution is 5.82. The number of carbonyl (C=O) groups excluding carboxylic acids is 1. The van der Waals surface area contributed by atoms with E-state index in [4.69, 9.17) is 25.2 Å². The van der Waals surface area contributed by atoms with E-state index < -0.39 is 87.8 Å². The minimum absolute atomic E-state index is 0.172. The number of H-pyrrole nitrogens is 2. The van der Waals surface area contributed by atoms with E-state index in [9.17, 15) is 63.0 Å². The van der Waals surface area contributed by atoms with Crippen molar-refractivity contribution in [2.75, 3.05) is 10.6 Å². The van der Waals surface area contributed by atoms with Crippen molar-refractivity contribution in [3.05, 3.63) is 131 Å². The summed E-state index contributed by atoms with van der Waals surface area (Å²) in [5, 5.41) is 36.5. The van der Waals surface area contributed by atoms with Crippen LogP contribution in [0.4, 0.5) is 71.6 Å². The van der Waals surface area contributed by atoms with Gasteiger partial charge >= 0.3 is 30.5 Å². The van der Waals surface area contributed by atoms with Crippen molar-refractivity contribution in [3.8, 4) is 11.5 Å². The summed E-state index contributed by atoms with van der Waals surface area (Å²) in [6.45, 7) is 0. The Kier molecular flexibility index (Phi) is 18.1. The van der Waals surface area contributed by atoms with Crippen molar-refractivity contribution in [1.82, 2.24) is 35.8 Å². The molecule has 0 bridgehead atoms. The van der Waals surface area contributed by atoms with E-state index in [-0.39, 0.29) is 38.0 Å².